The van der Waals surface area contributed by atoms with Crippen molar-refractivity contribution in [3.05, 3.63) is 11.9 Å². The number of aryl methyl sites for hydroxylation is 1. The van der Waals surface area contributed by atoms with Crippen molar-refractivity contribution in [1.82, 2.24) is 20.3 Å². The number of aromatic nitrogens is 3. The summed E-state index contributed by atoms with van der Waals surface area (Å²) < 4.78 is 1.80. The molecule has 0 saturated heterocycles. The van der Waals surface area contributed by atoms with Crippen LogP contribution in [-0.2, 0) is 13.6 Å². The fourth-order valence-corrected chi connectivity index (χ4v) is 1.27. The third kappa shape index (κ3) is 2.54. The van der Waals surface area contributed by atoms with Gasteiger partial charge in [-0.3, -0.25) is 4.68 Å². The first kappa shape index (κ1) is 11.2. The van der Waals surface area contributed by atoms with Crippen LogP contribution in [-0.4, -0.2) is 20.5 Å². The van der Waals surface area contributed by atoms with Gasteiger partial charge < -0.3 is 5.32 Å². The molecule has 14 heavy (non-hydrogen) atoms. The maximum absolute atomic E-state index is 3.90. The van der Waals surface area contributed by atoms with Gasteiger partial charge in [-0.25, -0.2) is 0 Å². The molecule has 0 saturated carbocycles. The highest BCUT2D eigenvalue weighted by Gasteiger charge is 2.18. The lowest BCUT2D eigenvalue weighted by Crippen LogP contribution is -2.40. The van der Waals surface area contributed by atoms with Crippen LogP contribution in [0, 0.1) is 0 Å². The molecule has 0 aromatic carbocycles. The number of hydrogen-bond acceptors (Lipinski definition) is 3. The highest BCUT2D eigenvalue weighted by Crippen LogP contribution is 2.14. The molecule has 0 bridgehead atoms. The maximum atomic E-state index is 3.90. The van der Waals surface area contributed by atoms with Crippen LogP contribution in [0.25, 0.3) is 0 Å². The molecule has 4 heteroatoms. The van der Waals surface area contributed by atoms with Gasteiger partial charge in [0.05, 0.1) is 11.9 Å². The zero-order valence-corrected chi connectivity index (χ0v) is 9.54. The molecular weight excluding hydrogens is 176 g/mol. The Morgan fingerprint density at radius 2 is 2.07 bits per heavy atom. The van der Waals surface area contributed by atoms with Crippen LogP contribution in [0.3, 0.4) is 0 Å². The van der Waals surface area contributed by atoms with Gasteiger partial charge in [0, 0.05) is 19.1 Å². The Kier molecular flexibility index (Phi) is 3.63. The summed E-state index contributed by atoms with van der Waals surface area (Å²) in [5, 5.41) is 11.3. The van der Waals surface area contributed by atoms with Crippen molar-refractivity contribution in [2.24, 2.45) is 7.05 Å². The smallest absolute Gasteiger partial charge is 0.0738 e. The van der Waals surface area contributed by atoms with Crippen LogP contribution in [0.2, 0.25) is 0 Å². The summed E-state index contributed by atoms with van der Waals surface area (Å²) in [7, 11) is 1.92. The van der Waals surface area contributed by atoms with Crippen LogP contribution in [0.5, 0.6) is 0 Å². The molecule has 0 radical (unpaired) electrons. The second-order valence-corrected chi connectivity index (χ2v) is 3.97. The molecule has 0 spiro atoms. The van der Waals surface area contributed by atoms with Crippen molar-refractivity contribution in [3.8, 4) is 0 Å². The second-order valence-electron chi connectivity index (χ2n) is 3.97. The molecule has 0 fully saturated rings. The Bertz CT molecular complexity index is 275. The number of nitrogens with zero attached hydrogens (tertiary/aromatic N) is 3. The predicted molar refractivity (Wildman–Crippen MR) is 56.8 cm³/mol. The van der Waals surface area contributed by atoms with E-state index in [4.69, 9.17) is 0 Å². The highest BCUT2D eigenvalue weighted by molar-refractivity contribution is 4.94. The molecule has 1 N–H and O–H groups in total. The monoisotopic (exact) mass is 196 g/mol. The van der Waals surface area contributed by atoms with Gasteiger partial charge in [-0.15, -0.1) is 5.10 Å². The lowest BCUT2D eigenvalue weighted by molar-refractivity contribution is 0.325. The molecule has 0 aliphatic carbocycles. The minimum Gasteiger partial charge on any atom is -0.306 e. The first-order valence-electron chi connectivity index (χ1n) is 5.20. The maximum Gasteiger partial charge on any atom is 0.0738 e. The molecule has 80 valence electrons. The van der Waals surface area contributed by atoms with Gasteiger partial charge in [-0.2, -0.15) is 0 Å². The Balaban J connectivity index is 2.52. The third-order valence-electron chi connectivity index (χ3n) is 3.07. The Hall–Kier alpha value is -0.900. The molecule has 1 rings (SSSR count). The van der Waals surface area contributed by atoms with Gasteiger partial charge >= 0.3 is 0 Å². The third-order valence-corrected chi connectivity index (χ3v) is 3.07. The van der Waals surface area contributed by atoms with E-state index in [-0.39, 0.29) is 5.54 Å². The minimum atomic E-state index is 0.226. The molecule has 4 nitrogen and oxygen atoms in total. The van der Waals surface area contributed by atoms with Crippen molar-refractivity contribution in [2.45, 2.75) is 45.7 Å². The van der Waals surface area contributed by atoms with E-state index in [2.05, 4.69) is 36.4 Å². The fraction of sp³-hybridized carbons (Fsp3) is 0.800. The standard InChI is InChI=1S/C10H20N4/c1-5-10(3,6-2)11-7-9-8-12-13-14(9)4/h8,11H,5-7H2,1-4H3. The average Bonchev–Trinajstić information content (AvgIpc) is 2.61. The zero-order chi connectivity index (χ0) is 10.6. The van der Waals surface area contributed by atoms with Gasteiger partial charge in [0.2, 0.25) is 0 Å². The van der Waals surface area contributed by atoms with Gasteiger partial charge in [0.25, 0.3) is 0 Å². The zero-order valence-electron chi connectivity index (χ0n) is 9.54. The molecule has 0 atom stereocenters. The quantitative estimate of drug-likeness (QED) is 0.775. The number of rotatable bonds is 5. The Morgan fingerprint density at radius 3 is 2.50 bits per heavy atom. The van der Waals surface area contributed by atoms with E-state index in [1.165, 1.54) is 0 Å². The molecule has 0 unspecified atom stereocenters. The van der Waals surface area contributed by atoms with Crippen molar-refractivity contribution in [2.75, 3.05) is 0 Å². The SMILES string of the molecule is CCC(C)(CC)NCc1cnnn1C. The van der Waals surface area contributed by atoms with Gasteiger partial charge in [0.1, 0.15) is 0 Å². The summed E-state index contributed by atoms with van der Waals surface area (Å²) in [6.07, 6.45) is 4.07. The molecule has 0 aliphatic heterocycles. The van der Waals surface area contributed by atoms with E-state index in [1.807, 2.05) is 7.05 Å². The van der Waals surface area contributed by atoms with E-state index in [9.17, 15) is 0 Å². The van der Waals surface area contributed by atoms with Crippen LogP contribution < -0.4 is 5.32 Å². The van der Waals surface area contributed by atoms with Crippen molar-refractivity contribution in [3.63, 3.8) is 0 Å². The molecular formula is C10H20N4. The van der Waals surface area contributed by atoms with Crippen LogP contribution >= 0.6 is 0 Å². The topological polar surface area (TPSA) is 42.7 Å². The highest BCUT2D eigenvalue weighted by atomic mass is 15.4. The van der Waals surface area contributed by atoms with Gasteiger partial charge in [-0.05, 0) is 19.8 Å². The Morgan fingerprint density at radius 1 is 1.43 bits per heavy atom. The lowest BCUT2D eigenvalue weighted by Gasteiger charge is -2.28. The first-order chi connectivity index (χ1) is 6.61. The van der Waals surface area contributed by atoms with Crippen LogP contribution in [0.1, 0.15) is 39.3 Å². The molecule has 0 amide bonds. The van der Waals surface area contributed by atoms with E-state index in [0.717, 1.165) is 25.1 Å². The van der Waals surface area contributed by atoms with Crippen LogP contribution in [0.4, 0.5) is 0 Å². The minimum absolute atomic E-state index is 0.226. The van der Waals surface area contributed by atoms with Crippen molar-refractivity contribution in [1.29, 1.82) is 0 Å². The normalized spacial score (nSPS) is 12.0. The Labute approximate surface area is 85.7 Å². The predicted octanol–water partition coefficient (Wildman–Crippen LogP) is 1.48. The largest absolute Gasteiger partial charge is 0.306 e. The van der Waals surface area contributed by atoms with Crippen LogP contribution in [0.15, 0.2) is 6.20 Å². The number of nitrogens with one attached hydrogen (secondary N) is 1. The van der Waals surface area contributed by atoms with E-state index < -0.39 is 0 Å². The van der Waals surface area contributed by atoms with E-state index in [0.29, 0.717) is 0 Å². The van der Waals surface area contributed by atoms with E-state index >= 15 is 0 Å². The summed E-state index contributed by atoms with van der Waals surface area (Å²) >= 11 is 0. The van der Waals surface area contributed by atoms with Crippen molar-refractivity contribution < 1.29 is 0 Å². The number of hydrogen-bond donors (Lipinski definition) is 1. The van der Waals surface area contributed by atoms with Crippen molar-refractivity contribution >= 4 is 0 Å². The molecule has 1 aromatic rings. The molecule has 0 aliphatic rings. The fourth-order valence-electron chi connectivity index (χ4n) is 1.27. The average molecular weight is 196 g/mol. The lowest BCUT2D eigenvalue weighted by atomic mass is 9.95. The van der Waals surface area contributed by atoms with E-state index in [1.54, 1.807) is 10.9 Å². The molecule has 1 heterocycles. The first-order valence-corrected chi connectivity index (χ1v) is 5.20. The van der Waals surface area contributed by atoms with Gasteiger partial charge in [0.15, 0.2) is 0 Å². The second kappa shape index (κ2) is 4.55. The summed E-state index contributed by atoms with van der Waals surface area (Å²) in [5.41, 5.74) is 1.35. The van der Waals surface area contributed by atoms with Gasteiger partial charge in [-0.1, -0.05) is 19.1 Å². The summed E-state index contributed by atoms with van der Waals surface area (Å²) in [5.74, 6) is 0. The summed E-state index contributed by atoms with van der Waals surface area (Å²) in [6, 6.07) is 0. The summed E-state index contributed by atoms with van der Waals surface area (Å²) in [4.78, 5) is 0. The summed E-state index contributed by atoms with van der Waals surface area (Å²) in [6.45, 7) is 7.49. The molecule has 1 aromatic heterocycles.